The molecule has 0 fully saturated rings. The molecule has 1 N–H and O–H groups in total. The van der Waals surface area contributed by atoms with Gasteiger partial charge in [-0.05, 0) is 36.4 Å². The van der Waals surface area contributed by atoms with E-state index in [2.05, 4.69) is 4.98 Å². The first kappa shape index (κ1) is 16.0. The van der Waals surface area contributed by atoms with E-state index in [1.165, 1.54) is 24.4 Å². The van der Waals surface area contributed by atoms with E-state index < -0.39 is 5.97 Å². The molecule has 0 saturated heterocycles. The number of aromatic nitrogens is 1. The van der Waals surface area contributed by atoms with E-state index in [0.717, 1.165) is 0 Å². The fraction of sp³-hybridized carbons (Fsp3) is 0. The summed E-state index contributed by atoms with van der Waals surface area (Å²) in [6.45, 7) is 0. The number of carboxylic acids is 1. The zero-order valence-corrected chi connectivity index (χ0v) is 13.0. The van der Waals surface area contributed by atoms with E-state index in [9.17, 15) is 14.3 Å². The van der Waals surface area contributed by atoms with Crippen LogP contribution in [0.2, 0.25) is 5.02 Å². The van der Waals surface area contributed by atoms with Crippen LogP contribution in [0.3, 0.4) is 0 Å². The number of nitrogens with zero attached hydrogens (tertiary/aromatic N) is 1. The third-order valence-corrected chi connectivity index (χ3v) is 3.61. The minimum atomic E-state index is -1.17. The van der Waals surface area contributed by atoms with Crippen molar-refractivity contribution < 1.29 is 19.0 Å². The predicted molar refractivity (Wildman–Crippen MR) is 88.1 cm³/mol. The Morgan fingerprint density at radius 2 is 1.79 bits per heavy atom. The maximum atomic E-state index is 13.0. The highest BCUT2D eigenvalue weighted by Gasteiger charge is 2.16. The van der Waals surface area contributed by atoms with Crippen molar-refractivity contribution in [3.8, 4) is 22.8 Å². The molecule has 1 heterocycles. The lowest BCUT2D eigenvalue weighted by Gasteiger charge is -2.11. The Bertz CT molecular complexity index is 897. The van der Waals surface area contributed by atoms with E-state index in [4.69, 9.17) is 16.3 Å². The van der Waals surface area contributed by atoms with Crippen LogP contribution in [0.25, 0.3) is 11.3 Å². The summed E-state index contributed by atoms with van der Waals surface area (Å²) in [7, 11) is 0. The van der Waals surface area contributed by atoms with Gasteiger partial charge in [0.25, 0.3) is 0 Å². The van der Waals surface area contributed by atoms with Crippen molar-refractivity contribution >= 4 is 17.6 Å². The Labute approximate surface area is 142 Å². The molecule has 0 atom stereocenters. The molecule has 0 radical (unpaired) electrons. The molecule has 0 aliphatic carbocycles. The number of para-hydroxylation sites is 1. The van der Waals surface area contributed by atoms with E-state index in [1.54, 1.807) is 36.4 Å². The molecular weight excluding hydrogens is 333 g/mol. The van der Waals surface area contributed by atoms with Crippen molar-refractivity contribution in [2.75, 3.05) is 0 Å². The summed E-state index contributed by atoms with van der Waals surface area (Å²) in [4.78, 5) is 15.5. The number of carboxylic acid groups (broad SMARTS) is 1. The van der Waals surface area contributed by atoms with Crippen LogP contribution in [-0.2, 0) is 0 Å². The van der Waals surface area contributed by atoms with Crippen LogP contribution in [0.1, 0.15) is 10.4 Å². The summed E-state index contributed by atoms with van der Waals surface area (Å²) in [6, 6.07) is 13.9. The lowest BCUT2D eigenvalue weighted by molar-refractivity contribution is 0.0693. The second-order valence-electron chi connectivity index (χ2n) is 4.91. The Morgan fingerprint density at radius 1 is 1.08 bits per heavy atom. The van der Waals surface area contributed by atoms with E-state index in [0.29, 0.717) is 22.0 Å². The van der Waals surface area contributed by atoms with E-state index in [1.807, 2.05) is 0 Å². The molecule has 3 aromatic rings. The SMILES string of the molecule is O=C(O)c1cnc(-c2ccc(F)cc2)cc1Oc1ccccc1Cl. The van der Waals surface area contributed by atoms with Crippen LogP contribution in [0.4, 0.5) is 4.39 Å². The number of ether oxygens (including phenoxy) is 1. The summed E-state index contributed by atoms with van der Waals surface area (Å²) >= 11 is 6.05. The third kappa shape index (κ3) is 3.36. The number of halogens is 2. The number of rotatable bonds is 4. The van der Waals surface area contributed by atoms with Gasteiger partial charge in [0, 0.05) is 17.8 Å². The lowest BCUT2D eigenvalue weighted by atomic mass is 10.1. The zero-order valence-electron chi connectivity index (χ0n) is 12.2. The summed E-state index contributed by atoms with van der Waals surface area (Å²) in [5.41, 5.74) is 1.00. The molecule has 0 bridgehead atoms. The van der Waals surface area contributed by atoms with Crippen molar-refractivity contribution in [1.82, 2.24) is 4.98 Å². The number of pyridine rings is 1. The van der Waals surface area contributed by atoms with Gasteiger partial charge in [-0.25, -0.2) is 9.18 Å². The van der Waals surface area contributed by atoms with Gasteiger partial charge in [0.1, 0.15) is 22.9 Å². The van der Waals surface area contributed by atoms with Gasteiger partial charge in [-0.2, -0.15) is 0 Å². The molecule has 2 aromatic carbocycles. The average Bonchev–Trinajstić information content (AvgIpc) is 2.57. The Balaban J connectivity index is 2.05. The highest BCUT2D eigenvalue weighted by Crippen LogP contribution is 2.33. The first-order valence-corrected chi connectivity index (χ1v) is 7.34. The fourth-order valence-corrected chi connectivity index (χ4v) is 2.28. The number of aromatic carboxylic acids is 1. The number of carbonyl (C=O) groups is 1. The first-order valence-electron chi connectivity index (χ1n) is 6.96. The maximum Gasteiger partial charge on any atom is 0.341 e. The largest absolute Gasteiger partial charge is 0.477 e. The molecule has 1 aromatic heterocycles. The third-order valence-electron chi connectivity index (χ3n) is 3.29. The lowest BCUT2D eigenvalue weighted by Crippen LogP contribution is -2.02. The topological polar surface area (TPSA) is 59.4 Å². The molecule has 0 unspecified atom stereocenters. The van der Waals surface area contributed by atoms with Gasteiger partial charge in [-0.3, -0.25) is 4.98 Å². The van der Waals surface area contributed by atoms with Gasteiger partial charge < -0.3 is 9.84 Å². The van der Waals surface area contributed by atoms with Gasteiger partial charge in [-0.15, -0.1) is 0 Å². The summed E-state index contributed by atoms with van der Waals surface area (Å²) in [5, 5.41) is 9.66. The molecule has 24 heavy (non-hydrogen) atoms. The predicted octanol–water partition coefficient (Wildman–Crippen LogP) is 5.03. The number of hydrogen-bond acceptors (Lipinski definition) is 3. The summed E-state index contributed by atoms with van der Waals surface area (Å²) in [6.07, 6.45) is 1.20. The number of benzene rings is 2. The van der Waals surface area contributed by atoms with Crippen molar-refractivity contribution in [3.63, 3.8) is 0 Å². The monoisotopic (exact) mass is 343 g/mol. The average molecular weight is 344 g/mol. The molecular formula is C18H11ClFNO3. The highest BCUT2D eigenvalue weighted by molar-refractivity contribution is 6.32. The summed E-state index contributed by atoms with van der Waals surface area (Å²) in [5.74, 6) is -1.11. The quantitative estimate of drug-likeness (QED) is 0.721. The van der Waals surface area contributed by atoms with Gasteiger partial charge in [-0.1, -0.05) is 23.7 Å². The minimum absolute atomic E-state index is 0.0965. The van der Waals surface area contributed by atoms with Gasteiger partial charge in [0.15, 0.2) is 0 Å². The van der Waals surface area contributed by atoms with Crippen LogP contribution >= 0.6 is 11.6 Å². The smallest absolute Gasteiger partial charge is 0.341 e. The van der Waals surface area contributed by atoms with Gasteiger partial charge in [0.2, 0.25) is 0 Å². The van der Waals surface area contributed by atoms with Crippen molar-refractivity contribution in [3.05, 3.63) is 77.2 Å². The Kier molecular flexibility index (Phi) is 4.44. The van der Waals surface area contributed by atoms with E-state index >= 15 is 0 Å². The first-order chi connectivity index (χ1) is 11.5. The Hall–Kier alpha value is -2.92. The highest BCUT2D eigenvalue weighted by atomic mass is 35.5. The van der Waals surface area contributed by atoms with E-state index in [-0.39, 0.29) is 17.1 Å². The fourth-order valence-electron chi connectivity index (χ4n) is 2.11. The summed E-state index contributed by atoms with van der Waals surface area (Å²) < 4.78 is 18.7. The normalized spacial score (nSPS) is 10.4. The van der Waals surface area contributed by atoms with Crippen molar-refractivity contribution in [1.29, 1.82) is 0 Å². The molecule has 0 spiro atoms. The van der Waals surface area contributed by atoms with Crippen molar-refractivity contribution in [2.24, 2.45) is 0 Å². The van der Waals surface area contributed by atoms with Crippen LogP contribution in [0.15, 0.2) is 60.8 Å². The zero-order chi connectivity index (χ0) is 17.1. The van der Waals surface area contributed by atoms with Crippen molar-refractivity contribution in [2.45, 2.75) is 0 Å². The van der Waals surface area contributed by atoms with Gasteiger partial charge in [0.05, 0.1) is 10.7 Å². The van der Waals surface area contributed by atoms with Gasteiger partial charge >= 0.3 is 5.97 Å². The standard InChI is InChI=1S/C18H11ClFNO3/c19-14-3-1-2-4-16(14)24-17-9-15(21-10-13(17)18(22)23)11-5-7-12(20)8-6-11/h1-10H,(H,22,23). The molecule has 0 aliphatic rings. The molecule has 0 amide bonds. The van der Waals surface area contributed by atoms with Crippen LogP contribution < -0.4 is 4.74 Å². The maximum absolute atomic E-state index is 13.0. The molecule has 4 nitrogen and oxygen atoms in total. The minimum Gasteiger partial charge on any atom is -0.477 e. The molecule has 120 valence electrons. The molecule has 0 aliphatic heterocycles. The second-order valence-corrected chi connectivity index (χ2v) is 5.32. The molecule has 0 saturated carbocycles. The van der Waals surface area contributed by atoms with Crippen LogP contribution in [0.5, 0.6) is 11.5 Å². The van der Waals surface area contributed by atoms with Crippen LogP contribution in [0, 0.1) is 5.82 Å². The second kappa shape index (κ2) is 6.68. The van der Waals surface area contributed by atoms with Crippen LogP contribution in [-0.4, -0.2) is 16.1 Å². The number of hydrogen-bond donors (Lipinski definition) is 1. The molecule has 3 rings (SSSR count). The Morgan fingerprint density at radius 3 is 2.46 bits per heavy atom. The molecule has 6 heteroatoms.